The second-order valence-electron chi connectivity index (χ2n) is 26.7. The Hall–Kier alpha value is -6.14. The highest BCUT2D eigenvalue weighted by Crippen LogP contribution is 2.18. The third-order valence-corrected chi connectivity index (χ3v) is 17.8. The minimum atomic E-state index is -2.09. The molecule has 0 aliphatic rings. The topological polar surface area (TPSA) is 690 Å². The van der Waals surface area contributed by atoms with Crippen molar-refractivity contribution in [1.82, 2.24) is 47.0 Å². The number of nitrogens with two attached hydrogens (primary N) is 1. The van der Waals surface area contributed by atoms with Gasteiger partial charge in [-0.3, -0.25) is 38.6 Å². The highest BCUT2D eigenvalue weighted by molar-refractivity contribution is 5.98. The van der Waals surface area contributed by atoms with Crippen LogP contribution in [0, 0.1) is 5.92 Å². The van der Waals surface area contributed by atoms with Crippen LogP contribution >= 0.6 is 0 Å². The van der Waals surface area contributed by atoms with E-state index in [0.29, 0.717) is 11.3 Å². The quantitative estimate of drug-likeness (QED) is 0.0269. The van der Waals surface area contributed by atoms with E-state index in [1.165, 1.54) is 23.8 Å². The highest BCUT2D eigenvalue weighted by atomic mass is 16.4. The number of aliphatic hydroxyl groups is 20. The van der Waals surface area contributed by atoms with Gasteiger partial charge < -0.3 is 156 Å². The average Bonchev–Trinajstić information content (AvgIpc) is 0.890. The molecular weight excluding hydrogens is 1410 g/mol. The highest BCUT2D eigenvalue weighted by Gasteiger charge is 2.38. The number of hydrogen-bond acceptors (Lipinski definition) is 31. The van der Waals surface area contributed by atoms with Gasteiger partial charge in [-0.25, -0.2) is 9.59 Å². The fourth-order valence-electron chi connectivity index (χ4n) is 11.0. The lowest BCUT2D eigenvalue weighted by Crippen LogP contribution is -2.55. The summed E-state index contributed by atoms with van der Waals surface area (Å²) in [6, 6.07) is -1.11. The number of carboxylic acid groups (broad SMARTS) is 1. The lowest BCUT2D eigenvalue weighted by molar-refractivity contribution is -0.142. The maximum Gasteiger partial charge on any atom is 0.326 e. The van der Waals surface area contributed by atoms with Crippen LogP contribution in [0.15, 0.2) is 24.3 Å². The molecule has 40 nitrogen and oxygen atoms in total. The average molecular weight is 1530 g/mol. The summed E-state index contributed by atoms with van der Waals surface area (Å²) < 4.78 is 0. The Morgan fingerprint density at radius 2 is 0.792 bits per heavy atom. The number of urea groups is 1. The lowest BCUT2D eigenvalue weighted by Gasteiger charge is -2.33. The normalized spacial score (nSPS) is 17.9. The minimum absolute atomic E-state index is 0.000603. The first-order chi connectivity index (χ1) is 49.9. The largest absolute Gasteiger partial charge is 0.480 e. The molecule has 1 aromatic rings. The van der Waals surface area contributed by atoms with Gasteiger partial charge in [0.1, 0.15) is 91.3 Å². The van der Waals surface area contributed by atoms with Crippen LogP contribution in [-0.4, -0.2) is 372 Å². The van der Waals surface area contributed by atoms with Gasteiger partial charge in [0.05, 0.1) is 63.0 Å². The van der Waals surface area contributed by atoms with E-state index in [1.54, 1.807) is 38.1 Å². The molecule has 0 spiro atoms. The molecule has 21 atom stereocenters. The SMILES string of the molecule is CC[C@@H](O)[C@@H](O)[C@H](O)[C@@H](O)CN(CCCC[C@H](NC)C(=O)N[C@@H](CCCCNC(=O)CCC(=O)N[C@H](C(=O)N[C@@H](CCCNC(N)=O)C(=O)Nc1ccc(CO)cc1)C(C)C)C(=O)N[C@@H](CCCCN(C[C@H](O)[C@@H](O)[C@H](O)[C@H](O)CO)C[C@H](O)[C@@H](O)[C@H](O)[C@H](O)CO)C(=O)O)C[C@H](O)[C@@H](O)[C@H](O)[C@H](O)CO. The van der Waals surface area contributed by atoms with Crippen LogP contribution in [0.5, 0.6) is 0 Å². The maximum absolute atomic E-state index is 14.2. The number of anilines is 1. The molecule has 0 bridgehead atoms. The summed E-state index contributed by atoms with van der Waals surface area (Å²) in [7, 11) is 1.41. The fraction of sp³-hybridized carbons (Fsp3) is 0.788. The summed E-state index contributed by atoms with van der Waals surface area (Å²) in [5.74, 6) is -6.50. The standard InChI is InChI=1S/C66H121N11O29/c1-5-42(82)53(92)54(93)43(83)27-76(28-44(84)55(94)58(97)47(87)32-79)25-10-7-13-38(68-4)61(100)72-39(63(102)74-41(65(104)105)15-8-11-26-77(29-45(85)56(95)59(98)48(88)33-80)30-46(86)57(96)60(99)49(89)34-81)14-6-9-23-69-50(90)21-22-51(91)75-52(35(2)3)64(103)73-40(16-12-24-70-66(67)106)62(101)71-37-19-17-36(31-78)18-20-37/h17-20,35,38-49,52-60,68,78-89,92-99H,5-16,21-34H2,1-4H3,(H,69,90)(H,71,101)(H,72,100)(H,73,103)(H,74,102)(H,75,91)(H,104,105)(H3,67,70,106)/t38-,39-,40-,41-,42+,43-,44-,45-,46-,47+,48+,49+,52-,53+,54+,55+,56+,57+,58+,59+,60+/m0/s1. The van der Waals surface area contributed by atoms with Gasteiger partial charge in [-0.05, 0) is 114 Å². The summed E-state index contributed by atoms with van der Waals surface area (Å²) in [4.78, 5) is 108. The number of aliphatic carboxylic acids is 1. The number of nitrogens with one attached hydrogen (secondary N) is 8. The van der Waals surface area contributed by atoms with E-state index in [0.717, 1.165) is 0 Å². The predicted octanol–water partition coefficient (Wildman–Crippen LogP) is -11.0. The van der Waals surface area contributed by atoms with E-state index in [-0.39, 0.29) is 116 Å². The number of amides is 8. The molecule has 31 N–H and O–H groups in total. The van der Waals surface area contributed by atoms with Gasteiger partial charge in [0, 0.05) is 57.8 Å². The molecule has 0 unspecified atom stereocenters. The van der Waals surface area contributed by atoms with E-state index >= 15 is 0 Å². The molecule has 106 heavy (non-hydrogen) atoms. The van der Waals surface area contributed by atoms with Crippen LogP contribution in [0.4, 0.5) is 10.5 Å². The van der Waals surface area contributed by atoms with Crippen molar-refractivity contribution in [2.45, 2.75) is 245 Å². The van der Waals surface area contributed by atoms with Crippen molar-refractivity contribution < 1.29 is 146 Å². The van der Waals surface area contributed by atoms with E-state index in [1.807, 2.05) is 0 Å². The van der Waals surface area contributed by atoms with E-state index in [2.05, 4.69) is 42.5 Å². The first kappa shape index (κ1) is 97.9. The smallest absolute Gasteiger partial charge is 0.326 e. The van der Waals surface area contributed by atoms with Gasteiger partial charge in [0.2, 0.25) is 35.4 Å². The summed E-state index contributed by atoms with van der Waals surface area (Å²) in [5, 5.41) is 235. The van der Waals surface area contributed by atoms with Gasteiger partial charge in [-0.1, -0.05) is 39.3 Å². The molecule has 40 heteroatoms. The Labute approximate surface area is 615 Å². The first-order valence-electron chi connectivity index (χ1n) is 35.5. The number of rotatable bonds is 59. The fourth-order valence-corrected chi connectivity index (χ4v) is 11.0. The summed E-state index contributed by atoms with van der Waals surface area (Å²) >= 11 is 0. The first-order valence-corrected chi connectivity index (χ1v) is 35.5. The monoisotopic (exact) mass is 1530 g/mol. The number of primary amides is 1. The zero-order valence-electron chi connectivity index (χ0n) is 60.5. The van der Waals surface area contributed by atoms with Crippen LogP contribution in [0.3, 0.4) is 0 Å². The van der Waals surface area contributed by atoms with Gasteiger partial charge in [-0.2, -0.15) is 0 Å². The van der Waals surface area contributed by atoms with Gasteiger partial charge in [0.25, 0.3) is 0 Å². The van der Waals surface area contributed by atoms with Crippen molar-refractivity contribution in [1.29, 1.82) is 0 Å². The van der Waals surface area contributed by atoms with E-state index in [9.17, 15) is 146 Å². The zero-order chi connectivity index (χ0) is 80.5. The van der Waals surface area contributed by atoms with E-state index in [4.69, 9.17) is 5.73 Å². The Kier molecular flexibility index (Phi) is 48.8. The number of carboxylic acids is 1. The number of likely N-dealkylation sites (N-methyl/N-ethyl adjacent to an activating group) is 1. The number of carbonyl (C=O) groups excluding carboxylic acids is 7. The van der Waals surface area contributed by atoms with Crippen LogP contribution < -0.4 is 48.3 Å². The molecule has 0 radical (unpaired) electrons. The van der Waals surface area contributed by atoms with Crippen molar-refractivity contribution >= 4 is 53.1 Å². The van der Waals surface area contributed by atoms with Crippen LogP contribution in [0.2, 0.25) is 0 Å². The molecule has 614 valence electrons. The molecule has 0 fully saturated rings. The molecule has 1 aromatic carbocycles. The Bertz CT molecular complexity index is 2630. The molecule has 0 saturated heterocycles. The third-order valence-electron chi connectivity index (χ3n) is 17.8. The van der Waals surface area contributed by atoms with E-state index < -0.39 is 234 Å². The molecule has 0 aliphatic carbocycles. The number of hydrogen-bond donors (Lipinski definition) is 30. The van der Waals surface area contributed by atoms with Crippen molar-refractivity contribution in [2.75, 3.05) is 84.5 Å². The number of benzene rings is 1. The number of unbranched alkanes of at least 4 members (excludes halogenated alkanes) is 3. The Balaban J connectivity index is 3.42. The molecular formula is C66H121N11O29. The van der Waals surface area contributed by atoms with Gasteiger partial charge >= 0.3 is 12.0 Å². The molecule has 0 aromatic heterocycles. The summed E-state index contributed by atoms with van der Waals surface area (Å²) in [6.07, 6.45) is -31.2. The van der Waals surface area contributed by atoms with Gasteiger partial charge in [-0.15, -0.1) is 0 Å². The second-order valence-corrected chi connectivity index (χ2v) is 26.7. The van der Waals surface area contributed by atoms with Crippen LogP contribution in [0.25, 0.3) is 0 Å². The minimum Gasteiger partial charge on any atom is -0.480 e. The van der Waals surface area contributed by atoms with Gasteiger partial charge in [0.15, 0.2) is 0 Å². The Morgan fingerprint density at radius 1 is 0.425 bits per heavy atom. The molecule has 0 heterocycles. The van der Waals surface area contributed by atoms with Crippen molar-refractivity contribution in [3.05, 3.63) is 29.8 Å². The zero-order valence-corrected chi connectivity index (χ0v) is 60.5. The molecule has 0 aliphatic heterocycles. The van der Waals surface area contributed by atoms with Crippen molar-refractivity contribution in [2.24, 2.45) is 11.7 Å². The maximum atomic E-state index is 14.2. The summed E-state index contributed by atoms with van der Waals surface area (Å²) in [5.41, 5.74) is 6.11. The Morgan fingerprint density at radius 3 is 1.21 bits per heavy atom. The van der Waals surface area contributed by atoms with Crippen molar-refractivity contribution in [3.63, 3.8) is 0 Å². The molecule has 8 amide bonds. The lowest BCUT2D eigenvalue weighted by atomic mass is 9.99. The van der Waals surface area contributed by atoms with Crippen molar-refractivity contribution in [3.8, 4) is 0 Å². The predicted molar refractivity (Wildman–Crippen MR) is 375 cm³/mol. The number of nitrogens with zero attached hydrogens (tertiary/aromatic N) is 2. The number of carbonyl (C=O) groups is 8. The summed E-state index contributed by atoms with van der Waals surface area (Å²) in [6.45, 7) is -0.986. The molecule has 1 rings (SSSR count). The third kappa shape index (κ3) is 36.8. The second kappa shape index (κ2) is 52.8. The van der Waals surface area contributed by atoms with Crippen LogP contribution in [-0.2, 0) is 40.2 Å². The molecule has 0 saturated carbocycles. The van der Waals surface area contributed by atoms with Crippen LogP contribution in [0.1, 0.15) is 116 Å². The number of aliphatic hydroxyl groups excluding tert-OH is 20.